The Morgan fingerprint density at radius 3 is 0.818 bits per heavy atom. The molecule has 0 aliphatic carbocycles. The Kier molecular flexibility index (Phi) is 12.7. The monoisotopic (exact) mass is 456 g/mol. The minimum Gasteiger partial charge on any atom is -0.368 e. The van der Waals surface area contributed by atoms with E-state index in [-0.39, 0.29) is 82.6 Å². The van der Waals surface area contributed by atoms with Crippen molar-refractivity contribution in [2.45, 2.75) is 0 Å². The predicted octanol–water partition coefficient (Wildman–Crippen LogP) is -4.17. The molecule has 0 heterocycles. The van der Waals surface area contributed by atoms with Gasteiger partial charge in [-0.1, -0.05) is 0 Å². The Hall–Kier alpha value is 2.88. The zero-order valence-corrected chi connectivity index (χ0v) is 14.7. The second kappa shape index (κ2) is 7.21. The Bertz CT molecular complexity index is 79.6. The fraction of sp³-hybridized carbons (Fsp3) is 0. The molecule has 0 bridgehead atoms. The van der Waals surface area contributed by atoms with Crippen molar-refractivity contribution in [2.24, 2.45) is 0 Å². The summed E-state index contributed by atoms with van der Waals surface area (Å²) >= 11 is 0. The summed E-state index contributed by atoms with van der Waals surface area (Å²) in [5.74, 6) is 0. The van der Waals surface area contributed by atoms with Crippen molar-refractivity contribution in [2.75, 3.05) is 0 Å². The average molecular weight is 456 g/mol. The second-order valence-electron chi connectivity index (χ2n) is 1.25. The fourth-order valence-electron chi connectivity index (χ4n) is 0.184. The molecular weight excluding hydrogens is 450 g/mol. The second-order valence-corrected chi connectivity index (χ2v) is 4.36. The number of hydrogen-bond acceptors (Lipinski definition) is 7. The van der Waals surface area contributed by atoms with Crippen LogP contribution >= 0.6 is 0 Å². The molecule has 6 N–H and O–H groups in total. The quantitative estimate of drug-likeness (QED) is 0.233. The van der Waals surface area contributed by atoms with Crippen LogP contribution in [0.3, 0.4) is 0 Å². The maximum atomic E-state index is 7.94. The standard InChI is InChI=1S/H6O7Si2.2Pr/c1-8(2,3)7-9(4,5)6;;/h1-6H;;/q;2*+3. The van der Waals surface area contributed by atoms with Gasteiger partial charge in [-0.15, -0.1) is 0 Å². The van der Waals surface area contributed by atoms with E-state index in [0.29, 0.717) is 0 Å². The fourth-order valence-corrected chi connectivity index (χ4v) is 1.65. The van der Waals surface area contributed by atoms with E-state index in [0.717, 1.165) is 0 Å². The molecule has 0 unspecified atom stereocenters. The first kappa shape index (κ1) is 19.5. The maximum absolute atomic E-state index is 7.94. The average Bonchev–Trinajstić information content (AvgIpc) is 1.14. The van der Waals surface area contributed by atoms with Crippen LogP contribution in [0.1, 0.15) is 0 Å². The van der Waals surface area contributed by atoms with E-state index in [2.05, 4.69) is 4.12 Å². The summed E-state index contributed by atoms with van der Waals surface area (Å²) in [5.41, 5.74) is 0. The van der Waals surface area contributed by atoms with Crippen LogP contribution in [-0.4, -0.2) is 46.9 Å². The summed E-state index contributed by atoms with van der Waals surface area (Å²) in [6.07, 6.45) is 0. The first-order chi connectivity index (χ1) is 3.71. The van der Waals surface area contributed by atoms with E-state index >= 15 is 0 Å². The largest absolute Gasteiger partial charge is 3.00 e. The topological polar surface area (TPSA) is 131 Å². The summed E-state index contributed by atoms with van der Waals surface area (Å²) < 4.78 is 3.24. The zero-order chi connectivity index (χ0) is 7.71. The van der Waals surface area contributed by atoms with Crippen molar-refractivity contribution in [1.82, 2.24) is 0 Å². The van der Waals surface area contributed by atoms with Crippen molar-refractivity contribution in [1.29, 1.82) is 0 Å². The Morgan fingerprint density at radius 2 is 0.818 bits per heavy atom. The SMILES string of the molecule is O[Si](O)(O)O[Si](O)(O)O.[Pr+3].[Pr+3]. The van der Waals surface area contributed by atoms with Gasteiger partial charge in [-0.05, 0) is 0 Å². The van der Waals surface area contributed by atoms with Gasteiger partial charge in [0.15, 0.2) is 0 Å². The zero-order valence-electron chi connectivity index (χ0n) is 5.25. The van der Waals surface area contributed by atoms with Crippen LogP contribution in [0.2, 0.25) is 0 Å². The van der Waals surface area contributed by atoms with E-state index in [4.69, 9.17) is 28.8 Å². The normalized spacial score (nSPS) is 11.5. The van der Waals surface area contributed by atoms with E-state index in [1.807, 2.05) is 0 Å². The van der Waals surface area contributed by atoms with Gasteiger partial charge in [-0.2, -0.15) is 0 Å². The molecule has 0 aromatic carbocycles. The van der Waals surface area contributed by atoms with Gasteiger partial charge in [0.05, 0.1) is 0 Å². The van der Waals surface area contributed by atoms with Gasteiger partial charge < -0.3 is 32.9 Å². The van der Waals surface area contributed by atoms with E-state index in [1.165, 1.54) is 0 Å². The predicted molar refractivity (Wildman–Crippen MR) is 25.9 cm³/mol. The summed E-state index contributed by atoms with van der Waals surface area (Å²) in [7, 11) is -9.96. The molecular formula is H6O7Pr2Si2+6. The van der Waals surface area contributed by atoms with Crippen LogP contribution in [0.4, 0.5) is 0 Å². The summed E-state index contributed by atoms with van der Waals surface area (Å²) in [4.78, 5) is 47.6. The van der Waals surface area contributed by atoms with E-state index in [9.17, 15) is 0 Å². The molecule has 0 rings (SSSR count). The molecule has 0 spiro atoms. The smallest absolute Gasteiger partial charge is 0.368 e. The van der Waals surface area contributed by atoms with Gasteiger partial charge in [0.2, 0.25) is 0 Å². The number of rotatable bonds is 2. The molecule has 0 saturated carbocycles. The van der Waals surface area contributed by atoms with Crippen LogP contribution in [0.25, 0.3) is 0 Å². The van der Waals surface area contributed by atoms with Crippen molar-refractivity contribution >= 4 is 18.1 Å². The first-order valence-corrected chi connectivity index (χ1v) is 5.25. The molecule has 0 atom stereocenters. The molecule has 0 aliphatic heterocycles. The van der Waals surface area contributed by atoms with Crippen LogP contribution in [0.5, 0.6) is 0 Å². The molecule has 0 aromatic rings. The summed E-state index contributed by atoms with van der Waals surface area (Å²) in [6.45, 7) is 0. The first-order valence-electron chi connectivity index (χ1n) is 1.75. The minimum atomic E-state index is -4.98. The van der Waals surface area contributed by atoms with Gasteiger partial charge in [-0.25, -0.2) is 0 Å². The van der Waals surface area contributed by atoms with Crippen LogP contribution in [0.15, 0.2) is 0 Å². The van der Waals surface area contributed by atoms with Crippen molar-refractivity contribution in [3.8, 4) is 0 Å². The molecule has 56 valence electrons. The maximum Gasteiger partial charge on any atom is 3.00 e. The molecule has 11 heteroatoms. The molecule has 0 aliphatic rings. The molecule has 11 heavy (non-hydrogen) atoms. The summed E-state index contributed by atoms with van der Waals surface area (Å²) in [5, 5.41) is 0. The Balaban J connectivity index is -0.000000320. The molecule has 7 nitrogen and oxygen atoms in total. The third-order valence-corrected chi connectivity index (χ3v) is 2.46. The minimum absolute atomic E-state index is 0. The van der Waals surface area contributed by atoms with Crippen LogP contribution in [-0.2, 0) is 4.12 Å². The third kappa shape index (κ3) is 19.3. The molecule has 0 fully saturated rings. The van der Waals surface area contributed by atoms with Gasteiger partial charge in [0.1, 0.15) is 0 Å². The van der Waals surface area contributed by atoms with Crippen LogP contribution < -0.4 is 0 Å². The van der Waals surface area contributed by atoms with Crippen LogP contribution in [0, 0.1) is 82.6 Å². The van der Waals surface area contributed by atoms with Gasteiger partial charge in [-0.3, -0.25) is 0 Å². The van der Waals surface area contributed by atoms with Crippen molar-refractivity contribution in [3.63, 3.8) is 0 Å². The molecule has 0 aromatic heterocycles. The van der Waals surface area contributed by atoms with Gasteiger partial charge in [0, 0.05) is 0 Å². The molecule has 0 radical (unpaired) electrons. The molecule has 0 saturated heterocycles. The van der Waals surface area contributed by atoms with Crippen molar-refractivity contribution < 1.29 is 115 Å². The van der Waals surface area contributed by atoms with Crippen molar-refractivity contribution in [3.05, 3.63) is 0 Å². The Morgan fingerprint density at radius 1 is 0.636 bits per heavy atom. The van der Waals surface area contributed by atoms with E-state index in [1.54, 1.807) is 0 Å². The van der Waals surface area contributed by atoms with Gasteiger partial charge in [0.25, 0.3) is 0 Å². The Labute approximate surface area is 131 Å². The third-order valence-electron chi connectivity index (χ3n) is 0.274. The van der Waals surface area contributed by atoms with Gasteiger partial charge >= 0.3 is 101 Å². The molecule has 0 amide bonds. The number of hydrogen-bond donors (Lipinski definition) is 6. The summed E-state index contributed by atoms with van der Waals surface area (Å²) in [6, 6.07) is 0. The van der Waals surface area contributed by atoms with E-state index < -0.39 is 18.1 Å².